The van der Waals surface area contributed by atoms with Crippen molar-refractivity contribution in [2.75, 3.05) is 0 Å². The molecule has 0 aliphatic heterocycles. The number of hydrogen-bond donors (Lipinski definition) is 1. The highest BCUT2D eigenvalue weighted by Gasteiger charge is 2.13. The van der Waals surface area contributed by atoms with Crippen molar-refractivity contribution in [3.05, 3.63) is 37.7 Å². The number of aromatic nitrogens is 2. The van der Waals surface area contributed by atoms with Gasteiger partial charge in [0, 0.05) is 19.6 Å². The third kappa shape index (κ3) is 3.27. The average Bonchev–Trinajstić information content (AvgIpc) is 2.95. The number of nitrogens with one attached hydrogen (secondary N) is 1. The van der Waals surface area contributed by atoms with Crippen LogP contribution < -0.4 is 5.32 Å². The first-order chi connectivity index (χ1) is 9.17. The van der Waals surface area contributed by atoms with Crippen molar-refractivity contribution in [1.29, 1.82) is 0 Å². The first-order valence-corrected chi connectivity index (χ1v) is 8.37. The van der Waals surface area contributed by atoms with E-state index in [9.17, 15) is 0 Å². The SMILES string of the molecule is CCc1nn(CC)c(CNCc2cscc2C)c1Br. The Morgan fingerprint density at radius 1 is 1.32 bits per heavy atom. The van der Waals surface area contributed by atoms with Gasteiger partial charge in [-0.25, -0.2) is 0 Å². The van der Waals surface area contributed by atoms with Crippen LogP contribution in [0.4, 0.5) is 0 Å². The Morgan fingerprint density at radius 2 is 2.11 bits per heavy atom. The first-order valence-electron chi connectivity index (χ1n) is 6.63. The minimum atomic E-state index is 0.844. The largest absolute Gasteiger partial charge is 0.307 e. The van der Waals surface area contributed by atoms with Crippen molar-refractivity contribution in [2.45, 2.75) is 46.8 Å². The minimum Gasteiger partial charge on any atom is -0.307 e. The summed E-state index contributed by atoms with van der Waals surface area (Å²) in [6, 6.07) is 0. The lowest BCUT2D eigenvalue weighted by atomic mass is 10.2. The van der Waals surface area contributed by atoms with Gasteiger partial charge < -0.3 is 5.32 Å². The fraction of sp³-hybridized carbons (Fsp3) is 0.500. The van der Waals surface area contributed by atoms with Gasteiger partial charge in [-0.15, -0.1) is 0 Å². The van der Waals surface area contributed by atoms with E-state index in [1.165, 1.54) is 16.8 Å². The third-order valence-electron chi connectivity index (χ3n) is 3.26. The number of hydrogen-bond acceptors (Lipinski definition) is 3. The molecule has 0 unspecified atom stereocenters. The molecule has 0 atom stereocenters. The molecule has 0 fully saturated rings. The summed E-state index contributed by atoms with van der Waals surface area (Å²) in [6.45, 7) is 9.10. The molecule has 3 nitrogen and oxygen atoms in total. The molecule has 0 aliphatic rings. The predicted octanol–water partition coefficient (Wildman–Crippen LogP) is 3.89. The van der Waals surface area contributed by atoms with Crippen LogP contribution in [-0.2, 0) is 26.1 Å². The van der Waals surface area contributed by atoms with Crippen LogP contribution in [0.25, 0.3) is 0 Å². The Labute approximate surface area is 127 Å². The van der Waals surface area contributed by atoms with Crippen LogP contribution >= 0.6 is 27.3 Å². The molecule has 2 aromatic heterocycles. The normalized spacial score (nSPS) is 11.2. The van der Waals surface area contributed by atoms with Gasteiger partial charge in [-0.2, -0.15) is 16.4 Å². The van der Waals surface area contributed by atoms with Gasteiger partial charge in [0.1, 0.15) is 0 Å². The van der Waals surface area contributed by atoms with Gasteiger partial charge in [0.05, 0.1) is 15.9 Å². The zero-order chi connectivity index (χ0) is 13.8. The Kier molecular flexibility index (Phi) is 5.19. The van der Waals surface area contributed by atoms with Crippen molar-refractivity contribution in [3.8, 4) is 0 Å². The Morgan fingerprint density at radius 3 is 2.68 bits per heavy atom. The Bertz CT molecular complexity index is 545. The van der Waals surface area contributed by atoms with Crippen molar-refractivity contribution in [2.24, 2.45) is 0 Å². The van der Waals surface area contributed by atoms with E-state index in [0.717, 1.165) is 36.2 Å². The molecular weight excluding hydrogens is 322 g/mol. The molecule has 1 N–H and O–H groups in total. The second-order valence-electron chi connectivity index (χ2n) is 4.56. The summed E-state index contributed by atoms with van der Waals surface area (Å²) in [6.07, 6.45) is 0.963. The molecule has 0 aromatic carbocycles. The summed E-state index contributed by atoms with van der Waals surface area (Å²) >= 11 is 5.44. The molecule has 0 saturated heterocycles. The van der Waals surface area contributed by atoms with E-state index in [1.54, 1.807) is 11.3 Å². The van der Waals surface area contributed by atoms with Crippen LogP contribution in [-0.4, -0.2) is 9.78 Å². The lowest BCUT2D eigenvalue weighted by Gasteiger charge is -2.07. The maximum atomic E-state index is 4.61. The topological polar surface area (TPSA) is 29.9 Å². The summed E-state index contributed by atoms with van der Waals surface area (Å²) in [4.78, 5) is 0. The lowest BCUT2D eigenvalue weighted by Crippen LogP contribution is -2.16. The van der Waals surface area contributed by atoms with Crippen LogP contribution in [0.3, 0.4) is 0 Å². The van der Waals surface area contributed by atoms with E-state index in [1.807, 2.05) is 0 Å². The standard InChI is InChI=1S/C14H20BrN3S/c1-4-12-14(15)13(18(5-2)17-12)7-16-6-11-9-19-8-10(11)3/h8-9,16H,4-7H2,1-3H3. The fourth-order valence-electron chi connectivity index (χ4n) is 2.07. The summed E-state index contributed by atoms with van der Waals surface area (Å²) in [7, 11) is 0. The van der Waals surface area contributed by atoms with E-state index >= 15 is 0 Å². The van der Waals surface area contributed by atoms with Crippen LogP contribution in [0.2, 0.25) is 0 Å². The van der Waals surface area contributed by atoms with Crippen LogP contribution in [0.1, 0.15) is 36.4 Å². The molecule has 0 amide bonds. The molecular formula is C14H20BrN3S. The van der Waals surface area contributed by atoms with Crippen LogP contribution in [0.5, 0.6) is 0 Å². The highest BCUT2D eigenvalue weighted by molar-refractivity contribution is 9.10. The summed E-state index contributed by atoms with van der Waals surface area (Å²) < 4.78 is 3.24. The summed E-state index contributed by atoms with van der Waals surface area (Å²) in [5.41, 5.74) is 5.15. The smallest absolute Gasteiger partial charge is 0.0767 e. The molecule has 2 rings (SSSR count). The van der Waals surface area contributed by atoms with Gasteiger partial charge >= 0.3 is 0 Å². The van der Waals surface area contributed by atoms with Crippen molar-refractivity contribution in [3.63, 3.8) is 0 Å². The number of halogens is 1. The third-order valence-corrected chi connectivity index (χ3v) is 5.09. The summed E-state index contributed by atoms with van der Waals surface area (Å²) in [5.74, 6) is 0. The molecule has 0 saturated carbocycles. The van der Waals surface area contributed by atoms with Gasteiger partial charge in [0.25, 0.3) is 0 Å². The zero-order valence-corrected chi connectivity index (χ0v) is 14.1. The maximum Gasteiger partial charge on any atom is 0.0767 e. The molecule has 104 valence electrons. The maximum absolute atomic E-state index is 4.61. The highest BCUT2D eigenvalue weighted by Crippen LogP contribution is 2.22. The molecule has 0 radical (unpaired) electrons. The van der Waals surface area contributed by atoms with Crippen LogP contribution in [0, 0.1) is 6.92 Å². The van der Waals surface area contributed by atoms with E-state index in [-0.39, 0.29) is 0 Å². The average molecular weight is 342 g/mol. The quantitative estimate of drug-likeness (QED) is 0.863. The number of thiophene rings is 1. The van der Waals surface area contributed by atoms with E-state index in [2.05, 4.69) is 62.6 Å². The van der Waals surface area contributed by atoms with Gasteiger partial charge in [-0.1, -0.05) is 6.92 Å². The number of rotatable bonds is 6. The van der Waals surface area contributed by atoms with E-state index in [0.29, 0.717) is 0 Å². The lowest BCUT2D eigenvalue weighted by molar-refractivity contribution is 0.576. The Balaban J connectivity index is 2.03. The number of aryl methyl sites for hydroxylation is 3. The molecule has 19 heavy (non-hydrogen) atoms. The van der Waals surface area contributed by atoms with Crippen molar-refractivity contribution in [1.82, 2.24) is 15.1 Å². The van der Waals surface area contributed by atoms with E-state index in [4.69, 9.17) is 0 Å². The molecule has 0 spiro atoms. The highest BCUT2D eigenvalue weighted by atomic mass is 79.9. The zero-order valence-electron chi connectivity index (χ0n) is 11.7. The van der Waals surface area contributed by atoms with Gasteiger partial charge in [-0.05, 0) is 58.1 Å². The molecule has 2 heterocycles. The summed E-state index contributed by atoms with van der Waals surface area (Å²) in [5, 5.41) is 12.5. The second-order valence-corrected chi connectivity index (χ2v) is 6.10. The van der Waals surface area contributed by atoms with Gasteiger partial charge in [-0.3, -0.25) is 4.68 Å². The predicted molar refractivity (Wildman–Crippen MR) is 84.6 cm³/mol. The van der Waals surface area contributed by atoms with E-state index < -0.39 is 0 Å². The monoisotopic (exact) mass is 341 g/mol. The van der Waals surface area contributed by atoms with Gasteiger partial charge in [0.2, 0.25) is 0 Å². The molecule has 2 aromatic rings. The van der Waals surface area contributed by atoms with Crippen LogP contribution in [0.15, 0.2) is 15.2 Å². The minimum absolute atomic E-state index is 0.844. The van der Waals surface area contributed by atoms with Crippen molar-refractivity contribution >= 4 is 27.3 Å². The first kappa shape index (κ1) is 14.8. The molecule has 0 bridgehead atoms. The molecule has 0 aliphatic carbocycles. The Hall–Kier alpha value is -0.650. The second kappa shape index (κ2) is 6.68. The number of nitrogens with zero attached hydrogens (tertiary/aromatic N) is 2. The van der Waals surface area contributed by atoms with Gasteiger partial charge in [0.15, 0.2) is 0 Å². The molecule has 5 heteroatoms. The fourth-order valence-corrected chi connectivity index (χ4v) is 3.63. The van der Waals surface area contributed by atoms with Crippen molar-refractivity contribution < 1.29 is 0 Å².